The van der Waals surface area contributed by atoms with Gasteiger partial charge in [-0.25, -0.2) is 0 Å². The number of hydrogen-bond acceptors (Lipinski definition) is 5. The summed E-state index contributed by atoms with van der Waals surface area (Å²) in [5.41, 5.74) is 1.49. The van der Waals surface area contributed by atoms with E-state index in [2.05, 4.69) is 4.52 Å². The van der Waals surface area contributed by atoms with Gasteiger partial charge in [-0.3, -0.25) is 9.36 Å². The van der Waals surface area contributed by atoms with Crippen LogP contribution in [0.1, 0.15) is 25.0 Å². The number of halogens is 2. The van der Waals surface area contributed by atoms with Gasteiger partial charge in [0, 0.05) is 5.56 Å². The lowest BCUT2D eigenvalue weighted by atomic mass is 10.0. The van der Waals surface area contributed by atoms with E-state index >= 15 is 0 Å². The molecule has 0 amide bonds. The highest BCUT2D eigenvalue weighted by atomic mass is 31.2. The second-order valence-electron chi connectivity index (χ2n) is 4.74. The van der Waals surface area contributed by atoms with Crippen molar-refractivity contribution in [2.75, 3.05) is 13.2 Å². The molecule has 0 heterocycles. The van der Waals surface area contributed by atoms with Gasteiger partial charge in [0.05, 0.1) is 13.2 Å². The van der Waals surface area contributed by atoms with Crippen LogP contribution in [0, 0.1) is 0 Å². The van der Waals surface area contributed by atoms with Crippen molar-refractivity contribution >= 4 is 13.6 Å². The number of rotatable bonds is 8. The van der Waals surface area contributed by atoms with E-state index in [-0.39, 0.29) is 19.6 Å². The van der Waals surface area contributed by atoms with Gasteiger partial charge in [-0.15, -0.1) is 0 Å². The monoisotopic (exact) mass is 351 g/mol. The molecule has 0 aromatic heterocycles. The summed E-state index contributed by atoms with van der Waals surface area (Å²) < 4.78 is 48.6. The van der Waals surface area contributed by atoms with Gasteiger partial charge in [-0.1, -0.05) is 24.3 Å². The Morgan fingerprint density at radius 3 is 2.35 bits per heavy atom. The summed E-state index contributed by atoms with van der Waals surface area (Å²) >= 11 is 0. The van der Waals surface area contributed by atoms with Crippen LogP contribution in [-0.4, -0.2) is 30.1 Å². The summed E-state index contributed by atoms with van der Waals surface area (Å²) in [5, 5.41) is 0. The van der Waals surface area contributed by atoms with Gasteiger partial charge in [0.15, 0.2) is 0 Å². The molecule has 1 unspecified atom stereocenters. The number of ether oxygens (including phenoxy) is 1. The first-order valence-electron chi connectivity index (χ1n) is 7.02. The van der Waals surface area contributed by atoms with E-state index in [9.17, 15) is 23.0 Å². The minimum atomic E-state index is -5.12. The van der Waals surface area contributed by atoms with Gasteiger partial charge < -0.3 is 19.9 Å². The first kappa shape index (κ1) is 19.7. The zero-order chi connectivity index (χ0) is 17.7. The third kappa shape index (κ3) is 4.81. The first-order chi connectivity index (χ1) is 10.7. The van der Waals surface area contributed by atoms with Crippen LogP contribution in [-0.2, 0) is 30.7 Å². The van der Waals surface area contributed by atoms with Crippen LogP contribution in [0.4, 0.5) is 8.78 Å². The molecule has 0 saturated carbocycles. The molecule has 0 spiro atoms. The van der Waals surface area contributed by atoms with Crippen LogP contribution in [0.2, 0.25) is 0 Å². The van der Waals surface area contributed by atoms with E-state index in [1.54, 1.807) is 6.92 Å². The van der Waals surface area contributed by atoms with Crippen molar-refractivity contribution < 1.29 is 32.3 Å². The lowest BCUT2D eigenvalue weighted by Crippen LogP contribution is -2.34. The van der Waals surface area contributed by atoms with Crippen LogP contribution >= 0.6 is 7.60 Å². The standard InChI is InChI=1S/C14H20F2NO5P/c1-3-21-13(18)12(17)9-10-5-7-11(8-6-10)14(15,16)23(19,20)22-4-2/h5-8,12H,3-4,9,17H2,1-2H3,(H,19,20)/t12-/m0/s1. The molecule has 0 bridgehead atoms. The third-order valence-electron chi connectivity index (χ3n) is 3.01. The molecule has 0 saturated heterocycles. The average Bonchev–Trinajstić information content (AvgIpc) is 2.47. The van der Waals surface area contributed by atoms with Gasteiger partial charge in [-0.2, -0.15) is 8.78 Å². The lowest BCUT2D eigenvalue weighted by molar-refractivity contribution is -0.144. The Morgan fingerprint density at radius 1 is 1.30 bits per heavy atom. The Balaban J connectivity index is 2.88. The summed E-state index contributed by atoms with van der Waals surface area (Å²) in [7, 11) is -5.12. The second-order valence-corrected chi connectivity index (χ2v) is 6.60. The van der Waals surface area contributed by atoms with Crippen molar-refractivity contribution in [2.24, 2.45) is 5.73 Å². The summed E-state index contributed by atoms with van der Waals surface area (Å²) in [6.45, 7) is 2.88. The number of carbonyl (C=O) groups is 1. The molecule has 0 aliphatic carbocycles. The number of alkyl halides is 2. The minimum absolute atomic E-state index is 0.104. The molecule has 3 N–H and O–H groups in total. The van der Waals surface area contributed by atoms with Crippen molar-refractivity contribution in [3.63, 3.8) is 0 Å². The molecule has 0 radical (unpaired) electrons. The third-order valence-corrected chi connectivity index (χ3v) is 4.58. The normalized spacial score (nSPS) is 15.7. The number of esters is 1. The van der Waals surface area contributed by atoms with Crippen molar-refractivity contribution in [1.29, 1.82) is 0 Å². The summed E-state index contributed by atoms with van der Waals surface area (Å²) in [4.78, 5) is 20.8. The lowest BCUT2D eigenvalue weighted by Gasteiger charge is -2.22. The fourth-order valence-corrected chi connectivity index (χ4v) is 2.83. The number of carbonyl (C=O) groups excluding carboxylic acids is 1. The quantitative estimate of drug-likeness (QED) is 0.551. The molecular formula is C14H20F2NO5P. The zero-order valence-corrected chi connectivity index (χ0v) is 13.8. The van der Waals surface area contributed by atoms with E-state index in [0.717, 1.165) is 12.1 Å². The van der Waals surface area contributed by atoms with Crippen LogP contribution in [0.25, 0.3) is 0 Å². The predicted octanol–water partition coefficient (Wildman–Crippen LogP) is 2.39. The summed E-state index contributed by atoms with van der Waals surface area (Å²) in [5.74, 6) is -0.585. The van der Waals surface area contributed by atoms with Crippen molar-refractivity contribution in [2.45, 2.75) is 32.0 Å². The number of hydrogen-bond donors (Lipinski definition) is 2. The molecule has 0 aliphatic rings. The molecule has 1 aromatic carbocycles. The van der Waals surface area contributed by atoms with Gasteiger partial charge in [-0.05, 0) is 25.8 Å². The highest BCUT2D eigenvalue weighted by Gasteiger charge is 2.52. The Hall–Kier alpha value is -1.34. The van der Waals surface area contributed by atoms with Crippen molar-refractivity contribution in [3.05, 3.63) is 35.4 Å². The maximum absolute atomic E-state index is 14.0. The Labute approximate surface area is 133 Å². The molecule has 0 aliphatic heterocycles. The SMILES string of the molecule is CCOC(=O)[C@@H](N)Cc1ccc(C(F)(F)P(=O)(O)OCC)cc1. The van der Waals surface area contributed by atoms with Crippen molar-refractivity contribution in [1.82, 2.24) is 0 Å². The Morgan fingerprint density at radius 2 is 1.87 bits per heavy atom. The Bertz CT molecular complexity index is 579. The van der Waals surface area contributed by atoms with Gasteiger partial charge in [0.2, 0.25) is 0 Å². The van der Waals surface area contributed by atoms with Crippen LogP contribution in [0.15, 0.2) is 24.3 Å². The van der Waals surface area contributed by atoms with E-state index < -0.39 is 30.8 Å². The second kappa shape index (κ2) is 7.97. The maximum Gasteiger partial charge on any atom is 0.401 e. The fourth-order valence-electron chi connectivity index (χ4n) is 1.85. The smallest absolute Gasteiger partial charge is 0.401 e. The van der Waals surface area contributed by atoms with Crippen molar-refractivity contribution in [3.8, 4) is 0 Å². The molecule has 130 valence electrons. The highest BCUT2D eigenvalue weighted by Crippen LogP contribution is 2.62. The van der Waals surface area contributed by atoms with E-state index in [0.29, 0.717) is 5.56 Å². The molecule has 1 rings (SSSR count). The molecule has 23 heavy (non-hydrogen) atoms. The summed E-state index contributed by atoms with van der Waals surface area (Å²) in [6.07, 6.45) is 0.104. The van der Waals surface area contributed by atoms with Gasteiger partial charge in [0.1, 0.15) is 6.04 Å². The largest absolute Gasteiger partial charge is 0.465 e. The van der Waals surface area contributed by atoms with Crippen LogP contribution in [0.5, 0.6) is 0 Å². The Kier molecular flexibility index (Phi) is 6.83. The van der Waals surface area contributed by atoms with Gasteiger partial charge >= 0.3 is 19.2 Å². The fraction of sp³-hybridized carbons (Fsp3) is 0.500. The molecule has 6 nitrogen and oxygen atoms in total. The molecule has 9 heteroatoms. The maximum atomic E-state index is 14.0. The predicted molar refractivity (Wildman–Crippen MR) is 80.1 cm³/mol. The molecule has 2 atom stereocenters. The minimum Gasteiger partial charge on any atom is -0.465 e. The number of nitrogens with two attached hydrogens (primary N) is 1. The van der Waals surface area contributed by atoms with E-state index in [1.807, 2.05) is 0 Å². The van der Waals surface area contributed by atoms with Crippen LogP contribution < -0.4 is 5.73 Å². The van der Waals surface area contributed by atoms with Crippen LogP contribution in [0.3, 0.4) is 0 Å². The van der Waals surface area contributed by atoms with E-state index in [1.165, 1.54) is 19.1 Å². The van der Waals surface area contributed by atoms with E-state index in [4.69, 9.17) is 10.5 Å². The molecular weight excluding hydrogens is 331 g/mol. The summed E-state index contributed by atoms with van der Waals surface area (Å²) in [6, 6.07) is 3.74. The average molecular weight is 351 g/mol. The molecule has 1 aromatic rings. The molecule has 0 fully saturated rings. The van der Waals surface area contributed by atoms with Gasteiger partial charge in [0.25, 0.3) is 0 Å². The topological polar surface area (TPSA) is 98.9 Å². The zero-order valence-electron chi connectivity index (χ0n) is 12.9. The number of benzene rings is 1. The first-order valence-corrected chi connectivity index (χ1v) is 8.60. The highest BCUT2D eigenvalue weighted by molar-refractivity contribution is 7.53.